The third kappa shape index (κ3) is 2.27. The van der Waals surface area contributed by atoms with Crippen molar-refractivity contribution in [2.45, 2.75) is 25.3 Å². The van der Waals surface area contributed by atoms with Gasteiger partial charge >= 0.3 is 5.97 Å². The lowest BCUT2D eigenvalue weighted by atomic mass is 9.95. The molecule has 2 rings (SSSR count). The van der Waals surface area contributed by atoms with Crippen LogP contribution in [0.3, 0.4) is 0 Å². The molecular formula is C12H15N3O3. The molecule has 1 aliphatic carbocycles. The highest BCUT2D eigenvalue weighted by molar-refractivity contribution is 5.92. The summed E-state index contributed by atoms with van der Waals surface area (Å²) in [5.41, 5.74) is 4.77. The molecule has 1 aromatic rings. The zero-order valence-corrected chi connectivity index (χ0v) is 10.0. The Morgan fingerprint density at radius 3 is 2.72 bits per heavy atom. The highest BCUT2D eigenvalue weighted by Gasteiger charge is 2.47. The van der Waals surface area contributed by atoms with E-state index in [0.29, 0.717) is 5.69 Å². The maximum Gasteiger partial charge on any atom is 0.329 e. The van der Waals surface area contributed by atoms with Crippen molar-refractivity contribution < 1.29 is 14.7 Å². The third-order valence-corrected chi connectivity index (χ3v) is 3.25. The molecule has 1 aliphatic rings. The number of rotatable bonds is 5. The zero-order valence-electron chi connectivity index (χ0n) is 10.0. The van der Waals surface area contributed by atoms with Crippen molar-refractivity contribution in [2.24, 2.45) is 11.7 Å². The number of nitrogens with one attached hydrogen (secondary N) is 1. The van der Waals surface area contributed by atoms with Gasteiger partial charge in [0.1, 0.15) is 11.2 Å². The van der Waals surface area contributed by atoms with Gasteiger partial charge < -0.3 is 16.2 Å². The SMILES string of the molecule is CC(Nc1ccnc(C(N)=O)c1)(C(=O)O)C1CC1. The first-order valence-corrected chi connectivity index (χ1v) is 5.71. The Balaban J connectivity index is 2.24. The minimum atomic E-state index is -1.02. The van der Waals surface area contributed by atoms with Crippen LogP contribution in [0, 0.1) is 5.92 Å². The van der Waals surface area contributed by atoms with Crippen LogP contribution in [0.1, 0.15) is 30.3 Å². The maximum atomic E-state index is 11.4. The molecule has 1 fully saturated rings. The summed E-state index contributed by atoms with van der Waals surface area (Å²) in [5, 5.41) is 12.3. The molecule has 6 heteroatoms. The van der Waals surface area contributed by atoms with Crippen molar-refractivity contribution in [3.05, 3.63) is 24.0 Å². The molecule has 1 amide bonds. The van der Waals surface area contributed by atoms with Crippen molar-refractivity contribution in [3.8, 4) is 0 Å². The number of carbonyl (C=O) groups is 2. The number of pyridine rings is 1. The summed E-state index contributed by atoms with van der Waals surface area (Å²) in [5.74, 6) is -1.43. The van der Waals surface area contributed by atoms with E-state index >= 15 is 0 Å². The van der Waals surface area contributed by atoms with Crippen LogP contribution in [0.5, 0.6) is 0 Å². The van der Waals surface area contributed by atoms with Gasteiger partial charge in [-0.1, -0.05) is 0 Å². The highest BCUT2D eigenvalue weighted by Crippen LogP contribution is 2.41. The summed E-state index contributed by atoms with van der Waals surface area (Å²) in [7, 11) is 0. The smallest absolute Gasteiger partial charge is 0.329 e. The number of primary amides is 1. The average molecular weight is 249 g/mol. The first-order valence-electron chi connectivity index (χ1n) is 5.71. The Morgan fingerprint density at radius 1 is 1.56 bits per heavy atom. The van der Waals surface area contributed by atoms with Gasteiger partial charge in [-0.3, -0.25) is 9.78 Å². The highest BCUT2D eigenvalue weighted by atomic mass is 16.4. The molecule has 0 radical (unpaired) electrons. The van der Waals surface area contributed by atoms with Gasteiger partial charge in [0.2, 0.25) is 0 Å². The summed E-state index contributed by atoms with van der Waals surface area (Å²) < 4.78 is 0. The van der Waals surface area contributed by atoms with Crippen molar-refractivity contribution >= 4 is 17.6 Å². The standard InChI is InChI=1S/C12H15N3O3/c1-12(11(17)18,7-2-3-7)15-8-4-5-14-9(6-8)10(13)16/h4-7H,2-3H2,1H3,(H2,13,16)(H,14,15)(H,17,18). The first kappa shape index (κ1) is 12.3. The summed E-state index contributed by atoms with van der Waals surface area (Å²) in [6, 6.07) is 3.09. The van der Waals surface area contributed by atoms with Gasteiger partial charge in [0.05, 0.1) is 0 Å². The molecule has 18 heavy (non-hydrogen) atoms. The van der Waals surface area contributed by atoms with Gasteiger partial charge in [-0.2, -0.15) is 0 Å². The van der Waals surface area contributed by atoms with Gasteiger partial charge in [-0.15, -0.1) is 0 Å². The van der Waals surface area contributed by atoms with Crippen molar-refractivity contribution in [3.63, 3.8) is 0 Å². The second-order valence-electron chi connectivity index (χ2n) is 4.70. The van der Waals surface area contributed by atoms with Gasteiger partial charge in [0.15, 0.2) is 0 Å². The lowest BCUT2D eigenvalue weighted by Crippen LogP contribution is -2.45. The van der Waals surface area contributed by atoms with E-state index in [1.807, 2.05) is 0 Å². The number of aromatic nitrogens is 1. The number of amides is 1. The minimum Gasteiger partial charge on any atom is -0.480 e. The fraction of sp³-hybridized carbons (Fsp3) is 0.417. The van der Waals surface area contributed by atoms with E-state index < -0.39 is 17.4 Å². The molecule has 0 spiro atoms. The van der Waals surface area contributed by atoms with Gasteiger partial charge in [0.25, 0.3) is 5.91 Å². The summed E-state index contributed by atoms with van der Waals surface area (Å²) in [6.07, 6.45) is 3.21. The monoisotopic (exact) mass is 249 g/mol. The largest absolute Gasteiger partial charge is 0.480 e. The van der Waals surface area contributed by atoms with Gasteiger partial charge in [0, 0.05) is 11.9 Å². The molecule has 6 nitrogen and oxygen atoms in total. The van der Waals surface area contributed by atoms with Crippen LogP contribution in [0.15, 0.2) is 18.3 Å². The quantitative estimate of drug-likeness (QED) is 0.717. The Hall–Kier alpha value is -2.11. The number of hydrogen-bond acceptors (Lipinski definition) is 4. The second-order valence-corrected chi connectivity index (χ2v) is 4.70. The lowest BCUT2D eigenvalue weighted by Gasteiger charge is -2.27. The molecule has 1 aromatic heterocycles. The number of carboxylic acids is 1. The zero-order chi connectivity index (χ0) is 13.3. The van der Waals surface area contributed by atoms with Crippen LogP contribution in [-0.4, -0.2) is 27.5 Å². The first-order chi connectivity index (χ1) is 8.43. The Labute approximate surface area is 104 Å². The number of carboxylic acid groups (broad SMARTS) is 1. The van der Waals surface area contributed by atoms with Crippen LogP contribution in [-0.2, 0) is 4.79 Å². The molecule has 1 heterocycles. The Bertz CT molecular complexity index is 499. The molecule has 4 N–H and O–H groups in total. The Kier molecular flexibility index (Phi) is 2.94. The van der Waals surface area contributed by atoms with E-state index in [0.717, 1.165) is 12.8 Å². The number of nitrogens with zero attached hydrogens (tertiary/aromatic N) is 1. The van der Waals surface area contributed by atoms with E-state index in [4.69, 9.17) is 5.73 Å². The van der Waals surface area contributed by atoms with Crippen LogP contribution >= 0.6 is 0 Å². The molecule has 0 aromatic carbocycles. The van der Waals surface area contributed by atoms with Crippen LogP contribution < -0.4 is 11.1 Å². The molecule has 96 valence electrons. The normalized spacial score (nSPS) is 17.8. The Morgan fingerprint density at radius 2 is 2.22 bits per heavy atom. The second kappa shape index (κ2) is 4.29. The molecule has 0 bridgehead atoms. The molecular weight excluding hydrogens is 234 g/mol. The number of aliphatic carboxylic acids is 1. The fourth-order valence-electron chi connectivity index (χ4n) is 1.93. The fourth-order valence-corrected chi connectivity index (χ4v) is 1.93. The van der Waals surface area contributed by atoms with E-state index in [1.165, 1.54) is 12.3 Å². The molecule has 1 saturated carbocycles. The summed E-state index contributed by atoms with van der Waals surface area (Å²) >= 11 is 0. The van der Waals surface area contributed by atoms with Crippen LogP contribution in [0.25, 0.3) is 0 Å². The van der Waals surface area contributed by atoms with E-state index in [9.17, 15) is 14.7 Å². The molecule has 0 saturated heterocycles. The van der Waals surface area contributed by atoms with Crippen molar-refractivity contribution in [1.82, 2.24) is 4.98 Å². The number of anilines is 1. The summed E-state index contributed by atoms with van der Waals surface area (Å²) in [4.78, 5) is 26.2. The number of hydrogen-bond donors (Lipinski definition) is 3. The maximum absolute atomic E-state index is 11.4. The van der Waals surface area contributed by atoms with E-state index in [-0.39, 0.29) is 11.6 Å². The van der Waals surface area contributed by atoms with Gasteiger partial charge in [-0.05, 0) is 37.8 Å². The molecule has 1 atom stereocenters. The molecule has 1 unspecified atom stereocenters. The minimum absolute atomic E-state index is 0.111. The van der Waals surface area contributed by atoms with Crippen molar-refractivity contribution in [1.29, 1.82) is 0 Å². The van der Waals surface area contributed by atoms with Crippen molar-refractivity contribution in [2.75, 3.05) is 5.32 Å². The number of nitrogens with two attached hydrogens (primary N) is 1. The predicted octanol–water partition coefficient (Wildman–Crippen LogP) is 0.846. The molecule has 0 aliphatic heterocycles. The van der Waals surface area contributed by atoms with E-state index in [1.54, 1.807) is 13.0 Å². The number of carbonyl (C=O) groups excluding carboxylic acids is 1. The summed E-state index contributed by atoms with van der Waals surface area (Å²) in [6.45, 7) is 1.65. The van der Waals surface area contributed by atoms with Crippen LogP contribution in [0.4, 0.5) is 5.69 Å². The average Bonchev–Trinajstić information content (AvgIpc) is 3.13. The lowest BCUT2D eigenvalue weighted by molar-refractivity contribution is -0.142. The third-order valence-electron chi connectivity index (χ3n) is 3.25. The topological polar surface area (TPSA) is 105 Å². The van der Waals surface area contributed by atoms with Gasteiger partial charge in [-0.25, -0.2) is 4.79 Å². The predicted molar refractivity (Wildman–Crippen MR) is 65.1 cm³/mol. The van der Waals surface area contributed by atoms with Crippen LogP contribution in [0.2, 0.25) is 0 Å². The van der Waals surface area contributed by atoms with E-state index in [2.05, 4.69) is 10.3 Å².